The lowest BCUT2D eigenvalue weighted by Gasteiger charge is -2.14. The molecule has 0 radical (unpaired) electrons. The molecule has 0 bridgehead atoms. The molecule has 1 rings (SSSR count). The molecule has 0 unspecified atom stereocenters. The molecule has 3 heteroatoms. The molecule has 98 valence electrons. The van der Waals surface area contributed by atoms with E-state index in [1.165, 1.54) is 0 Å². The van der Waals surface area contributed by atoms with Crippen LogP contribution in [0.5, 0.6) is 0 Å². The van der Waals surface area contributed by atoms with E-state index in [0.29, 0.717) is 5.91 Å². The van der Waals surface area contributed by atoms with Crippen LogP contribution in [-0.4, -0.2) is 37.0 Å². The Morgan fingerprint density at radius 3 is 2.31 bits per heavy atom. The fourth-order valence-electron chi connectivity index (χ4n) is 1.51. The van der Waals surface area contributed by atoms with Crippen molar-refractivity contribution in [2.24, 2.45) is 0 Å². The van der Waals surface area contributed by atoms with Gasteiger partial charge in [-0.2, -0.15) is 0 Å². The fourth-order valence-corrected chi connectivity index (χ4v) is 1.51. The number of carbonyl (C=O) groups is 1. The maximum absolute atomic E-state index is 11.1. The van der Waals surface area contributed by atoms with Gasteiger partial charge in [0.25, 0.3) is 0 Å². The van der Waals surface area contributed by atoms with Crippen molar-refractivity contribution in [1.82, 2.24) is 10.2 Å². The minimum Gasteiger partial charge on any atom is -0.343 e. The first kappa shape index (κ1) is 17.8. The second-order valence-corrected chi connectivity index (χ2v) is 3.19. The maximum atomic E-state index is 11.1. The number of hydrogen-bond acceptors (Lipinski definition) is 2. The normalized spacial score (nSPS) is 13.8. The Bertz CT molecular complexity index is 149. The molecule has 0 atom stereocenters. The molecule has 0 aromatic rings. The number of nitrogens with zero attached hydrogens (tertiary/aromatic N) is 1. The van der Waals surface area contributed by atoms with Gasteiger partial charge < -0.3 is 10.2 Å². The summed E-state index contributed by atoms with van der Waals surface area (Å²) in [5.41, 5.74) is 0. The average Bonchev–Trinajstić information content (AvgIpc) is 2.76. The van der Waals surface area contributed by atoms with Crippen LogP contribution < -0.4 is 5.32 Å². The molecule has 1 aliphatic heterocycles. The van der Waals surface area contributed by atoms with Crippen molar-refractivity contribution >= 4 is 5.91 Å². The van der Waals surface area contributed by atoms with E-state index in [-0.39, 0.29) is 0 Å². The second kappa shape index (κ2) is 14.4. The van der Waals surface area contributed by atoms with Crippen molar-refractivity contribution in [3.8, 4) is 0 Å². The van der Waals surface area contributed by atoms with E-state index >= 15 is 0 Å². The lowest BCUT2D eigenvalue weighted by molar-refractivity contribution is -0.127. The van der Waals surface area contributed by atoms with Gasteiger partial charge in [0.05, 0.1) is 0 Å². The van der Waals surface area contributed by atoms with Crippen molar-refractivity contribution in [2.45, 2.75) is 53.9 Å². The quantitative estimate of drug-likeness (QED) is 0.736. The highest BCUT2D eigenvalue weighted by atomic mass is 16.2. The van der Waals surface area contributed by atoms with E-state index in [4.69, 9.17) is 0 Å². The van der Waals surface area contributed by atoms with Gasteiger partial charge >= 0.3 is 0 Å². The van der Waals surface area contributed by atoms with Gasteiger partial charge in [-0.05, 0) is 25.9 Å². The lowest BCUT2D eigenvalue weighted by atomic mass is 10.4. The SMILES string of the molecule is CC.CC.CCNCCCN1CCCC1=O. The molecule has 1 amide bonds. The van der Waals surface area contributed by atoms with E-state index in [1.54, 1.807) is 0 Å². The topological polar surface area (TPSA) is 32.3 Å². The highest BCUT2D eigenvalue weighted by Crippen LogP contribution is 2.08. The summed E-state index contributed by atoms with van der Waals surface area (Å²) in [6.45, 7) is 14.1. The van der Waals surface area contributed by atoms with Gasteiger partial charge in [-0.3, -0.25) is 4.79 Å². The van der Waals surface area contributed by atoms with Crippen molar-refractivity contribution in [3.63, 3.8) is 0 Å². The molecule has 1 fully saturated rings. The molecule has 0 aliphatic carbocycles. The van der Waals surface area contributed by atoms with Crippen molar-refractivity contribution in [3.05, 3.63) is 0 Å². The minimum absolute atomic E-state index is 0.339. The van der Waals surface area contributed by atoms with E-state index in [0.717, 1.165) is 45.4 Å². The van der Waals surface area contributed by atoms with E-state index in [2.05, 4.69) is 12.2 Å². The molecule has 0 aromatic carbocycles. The summed E-state index contributed by atoms with van der Waals surface area (Å²) < 4.78 is 0. The summed E-state index contributed by atoms with van der Waals surface area (Å²) in [5.74, 6) is 0.339. The smallest absolute Gasteiger partial charge is 0.222 e. The van der Waals surface area contributed by atoms with Gasteiger partial charge in [-0.15, -0.1) is 0 Å². The largest absolute Gasteiger partial charge is 0.343 e. The van der Waals surface area contributed by atoms with Crippen LogP contribution in [0.25, 0.3) is 0 Å². The predicted octanol–water partition coefficient (Wildman–Crippen LogP) is 2.66. The van der Waals surface area contributed by atoms with Crippen LogP contribution in [0.15, 0.2) is 0 Å². The van der Waals surface area contributed by atoms with Crippen LogP contribution >= 0.6 is 0 Å². The number of amides is 1. The minimum atomic E-state index is 0.339. The highest BCUT2D eigenvalue weighted by molar-refractivity contribution is 5.77. The molecule has 3 nitrogen and oxygen atoms in total. The zero-order valence-electron chi connectivity index (χ0n) is 11.8. The Balaban J connectivity index is 0. The molecular weight excluding hydrogens is 200 g/mol. The zero-order chi connectivity index (χ0) is 12.8. The number of nitrogens with one attached hydrogen (secondary N) is 1. The molecule has 0 aromatic heterocycles. The number of hydrogen-bond donors (Lipinski definition) is 1. The molecule has 0 spiro atoms. The van der Waals surface area contributed by atoms with Crippen LogP contribution in [0, 0.1) is 0 Å². The highest BCUT2D eigenvalue weighted by Gasteiger charge is 2.18. The summed E-state index contributed by atoms with van der Waals surface area (Å²) in [6.07, 6.45) is 2.90. The van der Waals surface area contributed by atoms with Crippen LogP contribution in [0.2, 0.25) is 0 Å². The van der Waals surface area contributed by atoms with E-state index in [9.17, 15) is 4.79 Å². The molecule has 1 aliphatic rings. The van der Waals surface area contributed by atoms with Gasteiger partial charge in [-0.1, -0.05) is 34.6 Å². The van der Waals surface area contributed by atoms with Gasteiger partial charge in [0, 0.05) is 19.5 Å². The summed E-state index contributed by atoms with van der Waals surface area (Å²) >= 11 is 0. The average molecular weight is 230 g/mol. The van der Waals surface area contributed by atoms with E-state index < -0.39 is 0 Å². The number of carbonyl (C=O) groups excluding carboxylic acids is 1. The predicted molar refractivity (Wildman–Crippen MR) is 71.7 cm³/mol. The molecule has 16 heavy (non-hydrogen) atoms. The number of rotatable bonds is 5. The van der Waals surface area contributed by atoms with E-state index in [1.807, 2.05) is 32.6 Å². The lowest BCUT2D eigenvalue weighted by Crippen LogP contribution is -2.28. The van der Waals surface area contributed by atoms with Gasteiger partial charge in [0.1, 0.15) is 0 Å². The van der Waals surface area contributed by atoms with Gasteiger partial charge in [-0.25, -0.2) is 0 Å². The first-order valence-electron chi connectivity index (χ1n) is 6.83. The Kier molecular flexibility index (Phi) is 16.1. The maximum Gasteiger partial charge on any atom is 0.222 e. The monoisotopic (exact) mass is 230 g/mol. The summed E-state index contributed by atoms with van der Waals surface area (Å²) in [4.78, 5) is 13.1. The first-order chi connectivity index (χ1) is 7.84. The fraction of sp³-hybridized carbons (Fsp3) is 0.923. The molecule has 0 saturated carbocycles. The first-order valence-corrected chi connectivity index (χ1v) is 6.83. The van der Waals surface area contributed by atoms with Crippen molar-refractivity contribution in [1.29, 1.82) is 0 Å². The molecular formula is C13H30N2O. The third kappa shape index (κ3) is 8.72. The third-order valence-corrected chi connectivity index (χ3v) is 2.20. The summed E-state index contributed by atoms with van der Waals surface area (Å²) in [6, 6.07) is 0. The van der Waals surface area contributed by atoms with Crippen LogP contribution in [0.4, 0.5) is 0 Å². The Hall–Kier alpha value is -0.570. The zero-order valence-corrected chi connectivity index (χ0v) is 11.8. The molecule has 1 N–H and O–H groups in total. The molecule has 1 saturated heterocycles. The summed E-state index contributed by atoms with van der Waals surface area (Å²) in [5, 5.41) is 3.25. The van der Waals surface area contributed by atoms with Crippen molar-refractivity contribution in [2.75, 3.05) is 26.2 Å². The Morgan fingerprint density at radius 1 is 1.25 bits per heavy atom. The molecule has 1 heterocycles. The second-order valence-electron chi connectivity index (χ2n) is 3.19. The summed E-state index contributed by atoms with van der Waals surface area (Å²) in [7, 11) is 0. The van der Waals surface area contributed by atoms with Crippen LogP contribution in [0.3, 0.4) is 0 Å². The number of likely N-dealkylation sites (tertiary alicyclic amines) is 1. The van der Waals surface area contributed by atoms with Crippen LogP contribution in [0.1, 0.15) is 53.9 Å². The van der Waals surface area contributed by atoms with Crippen molar-refractivity contribution < 1.29 is 4.79 Å². The van der Waals surface area contributed by atoms with Gasteiger partial charge in [0.15, 0.2) is 0 Å². The Labute approximate surface area is 102 Å². The third-order valence-electron chi connectivity index (χ3n) is 2.20. The van der Waals surface area contributed by atoms with Gasteiger partial charge in [0.2, 0.25) is 5.91 Å². The Morgan fingerprint density at radius 2 is 1.88 bits per heavy atom. The standard InChI is InChI=1S/C9H18N2O.2C2H6/c1-2-10-6-4-8-11-7-3-5-9(11)12;2*1-2/h10H,2-8H2,1H3;2*1-2H3. The van der Waals surface area contributed by atoms with Crippen LogP contribution in [-0.2, 0) is 4.79 Å².